The van der Waals surface area contributed by atoms with Crippen LogP contribution in [-0.4, -0.2) is 14.2 Å². The Morgan fingerprint density at radius 1 is 0.958 bits per heavy atom. The maximum atomic E-state index is 5.39. The summed E-state index contributed by atoms with van der Waals surface area (Å²) in [7, 11) is 3.32. The third-order valence-electron chi connectivity index (χ3n) is 4.16. The van der Waals surface area contributed by atoms with Crippen LogP contribution in [0.15, 0.2) is 59.3 Å². The van der Waals surface area contributed by atoms with Crippen LogP contribution in [0.4, 0.5) is 0 Å². The van der Waals surface area contributed by atoms with Crippen molar-refractivity contribution in [2.45, 2.75) is 19.4 Å². The average molecular weight is 387 g/mol. The molecule has 1 aromatic heterocycles. The number of hydrogen-bond donors (Lipinski definition) is 0. The zero-order valence-electron chi connectivity index (χ0n) is 14.0. The molecule has 0 aliphatic rings. The van der Waals surface area contributed by atoms with Crippen LogP contribution in [0.25, 0.3) is 10.8 Å². The van der Waals surface area contributed by atoms with Gasteiger partial charge in [0.1, 0.15) is 6.54 Å². The lowest BCUT2D eigenvalue weighted by molar-refractivity contribution is -0.696. The quantitative estimate of drug-likeness (QED) is 0.580. The molecule has 0 N–H and O–H groups in total. The smallest absolute Gasteiger partial charge is 0.176 e. The lowest BCUT2D eigenvalue weighted by Crippen LogP contribution is -2.32. The van der Waals surface area contributed by atoms with Gasteiger partial charge in [-0.1, -0.05) is 34.1 Å². The van der Waals surface area contributed by atoms with Gasteiger partial charge in [0, 0.05) is 22.3 Å². The fourth-order valence-electron chi connectivity index (χ4n) is 2.86. The number of nitrogens with zero attached hydrogens (tertiary/aromatic N) is 1. The van der Waals surface area contributed by atoms with Crippen molar-refractivity contribution in [3.8, 4) is 11.5 Å². The van der Waals surface area contributed by atoms with E-state index in [1.807, 2.05) is 12.1 Å². The fraction of sp³-hybridized carbons (Fsp3) is 0.250. The molecule has 0 aliphatic carbocycles. The summed E-state index contributed by atoms with van der Waals surface area (Å²) in [4.78, 5) is 0. The highest BCUT2D eigenvalue weighted by molar-refractivity contribution is 9.10. The number of hydrogen-bond acceptors (Lipinski definition) is 2. The van der Waals surface area contributed by atoms with Gasteiger partial charge in [-0.2, -0.15) is 0 Å². The van der Waals surface area contributed by atoms with E-state index in [1.54, 1.807) is 14.2 Å². The molecule has 3 aromatic rings. The molecule has 0 unspecified atom stereocenters. The molecule has 0 fully saturated rings. The molecule has 1 heterocycles. The summed E-state index contributed by atoms with van der Waals surface area (Å²) < 4.78 is 14.0. The fourth-order valence-corrected chi connectivity index (χ4v) is 3.38. The number of methoxy groups -OCH3 is 2. The highest BCUT2D eigenvalue weighted by Gasteiger charge is 2.10. The van der Waals surface area contributed by atoms with Gasteiger partial charge in [0.2, 0.25) is 0 Å². The average Bonchev–Trinajstić information content (AvgIpc) is 2.62. The molecule has 3 rings (SSSR count). The van der Waals surface area contributed by atoms with E-state index in [4.69, 9.17) is 9.47 Å². The van der Waals surface area contributed by atoms with Crippen LogP contribution in [-0.2, 0) is 13.0 Å². The Morgan fingerprint density at radius 3 is 2.42 bits per heavy atom. The Bertz CT molecular complexity index is 848. The van der Waals surface area contributed by atoms with Gasteiger partial charge in [-0.25, -0.2) is 4.57 Å². The summed E-state index contributed by atoms with van der Waals surface area (Å²) in [5.41, 5.74) is 1.23. The van der Waals surface area contributed by atoms with Gasteiger partial charge in [0.15, 0.2) is 23.9 Å². The molecular formula is C20H21BrNO2+. The molecule has 0 amide bonds. The maximum absolute atomic E-state index is 5.39. The number of rotatable bonds is 6. The molecule has 0 aliphatic heterocycles. The summed E-state index contributed by atoms with van der Waals surface area (Å²) >= 11 is 3.63. The molecule has 0 saturated carbocycles. The van der Waals surface area contributed by atoms with Gasteiger partial charge in [0.05, 0.1) is 14.2 Å². The molecular weight excluding hydrogens is 366 g/mol. The standard InChI is InChI=1S/C20H21BrNO2/c1-23-19-12-16(18(21)13-20(19)24-2)8-5-10-22-11-9-15-6-3-4-7-17(15)14-22/h3-4,6-7,9,11-14H,5,8,10H2,1-2H3/q+1. The molecule has 0 atom stereocenters. The van der Waals surface area contributed by atoms with Gasteiger partial charge < -0.3 is 9.47 Å². The second-order valence-corrected chi connectivity index (χ2v) is 6.57. The molecule has 2 aromatic carbocycles. The van der Waals surface area contributed by atoms with Crippen molar-refractivity contribution in [1.82, 2.24) is 0 Å². The Morgan fingerprint density at radius 2 is 1.67 bits per heavy atom. The van der Waals surface area contributed by atoms with Crippen molar-refractivity contribution in [2.75, 3.05) is 14.2 Å². The largest absolute Gasteiger partial charge is 0.493 e. The Balaban J connectivity index is 1.69. The van der Waals surface area contributed by atoms with Crippen molar-refractivity contribution in [3.63, 3.8) is 0 Å². The zero-order valence-corrected chi connectivity index (χ0v) is 15.5. The normalized spacial score (nSPS) is 10.8. The first-order chi connectivity index (χ1) is 11.7. The molecule has 0 bridgehead atoms. The van der Waals surface area contributed by atoms with E-state index >= 15 is 0 Å². The van der Waals surface area contributed by atoms with E-state index in [2.05, 4.69) is 63.2 Å². The number of ether oxygens (including phenoxy) is 2. The molecule has 0 saturated heterocycles. The Hall–Kier alpha value is -2.07. The summed E-state index contributed by atoms with van der Waals surface area (Å²) in [6.45, 7) is 0.978. The number of fused-ring (bicyclic) bond motifs is 1. The van der Waals surface area contributed by atoms with Gasteiger partial charge in [-0.05, 0) is 35.6 Å². The van der Waals surface area contributed by atoms with Crippen molar-refractivity contribution in [2.24, 2.45) is 0 Å². The maximum Gasteiger partial charge on any atom is 0.176 e. The van der Waals surface area contributed by atoms with Gasteiger partial charge >= 0.3 is 0 Å². The van der Waals surface area contributed by atoms with Gasteiger partial charge in [-0.3, -0.25) is 0 Å². The van der Waals surface area contributed by atoms with E-state index in [9.17, 15) is 0 Å². The third kappa shape index (κ3) is 3.70. The molecule has 24 heavy (non-hydrogen) atoms. The summed E-state index contributed by atoms with van der Waals surface area (Å²) in [5, 5.41) is 2.55. The van der Waals surface area contributed by atoms with Crippen molar-refractivity contribution < 1.29 is 14.0 Å². The first kappa shape index (κ1) is 16.8. The van der Waals surface area contributed by atoms with E-state index in [0.29, 0.717) is 0 Å². The monoisotopic (exact) mass is 386 g/mol. The van der Waals surface area contributed by atoms with Crippen LogP contribution in [0, 0.1) is 0 Å². The van der Waals surface area contributed by atoms with Crippen LogP contribution in [0.3, 0.4) is 0 Å². The Labute approximate surface area is 151 Å². The van der Waals surface area contributed by atoms with Crippen LogP contribution < -0.4 is 14.0 Å². The van der Waals surface area contributed by atoms with E-state index < -0.39 is 0 Å². The van der Waals surface area contributed by atoms with Crippen LogP contribution in [0.1, 0.15) is 12.0 Å². The highest BCUT2D eigenvalue weighted by atomic mass is 79.9. The summed E-state index contributed by atoms with van der Waals surface area (Å²) in [6.07, 6.45) is 6.38. The molecule has 124 valence electrons. The minimum Gasteiger partial charge on any atom is -0.493 e. The number of benzene rings is 2. The van der Waals surface area contributed by atoms with Gasteiger partial charge in [-0.15, -0.1) is 0 Å². The van der Waals surface area contributed by atoms with E-state index in [1.165, 1.54) is 16.3 Å². The number of aryl methyl sites for hydroxylation is 2. The van der Waals surface area contributed by atoms with Crippen LogP contribution in [0.5, 0.6) is 11.5 Å². The number of halogens is 1. The first-order valence-corrected chi connectivity index (χ1v) is 8.79. The van der Waals surface area contributed by atoms with E-state index in [0.717, 1.165) is 35.4 Å². The predicted molar refractivity (Wildman–Crippen MR) is 99.7 cm³/mol. The minimum atomic E-state index is 0.747. The number of aromatic nitrogens is 1. The molecule has 0 spiro atoms. The third-order valence-corrected chi connectivity index (χ3v) is 4.90. The first-order valence-electron chi connectivity index (χ1n) is 7.99. The lowest BCUT2D eigenvalue weighted by Gasteiger charge is -2.11. The SMILES string of the molecule is COc1cc(Br)c(CCC[n+]2ccc3ccccc3c2)cc1OC. The van der Waals surface area contributed by atoms with Crippen molar-refractivity contribution in [3.05, 3.63) is 64.9 Å². The van der Waals surface area contributed by atoms with Crippen molar-refractivity contribution in [1.29, 1.82) is 0 Å². The number of pyridine rings is 1. The van der Waals surface area contributed by atoms with E-state index in [-0.39, 0.29) is 0 Å². The van der Waals surface area contributed by atoms with Crippen LogP contribution >= 0.6 is 15.9 Å². The second-order valence-electron chi connectivity index (χ2n) is 5.71. The minimum absolute atomic E-state index is 0.747. The molecule has 3 nitrogen and oxygen atoms in total. The predicted octanol–water partition coefficient (Wildman–Crippen LogP) is 4.54. The van der Waals surface area contributed by atoms with Crippen molar-refractivity contribution >= 4 is 26.7 Å². The molecule has 0 radical (unpaired) electrons. The highest BCUT2D eigenvalue weighted by Crippen LogP contribution is 2.33. The summed E-state index contributed by atoms with van der Waals surface area (Å²) in [6, 6.07) is 14.6. The van der Waals surface area contributed by atoms with Crippen LogP contribution in [0.2, 0.25) is 0 Å². The molecule has 4 heteroatoms. The topological polar surface area (TPSA) is 22.3 Å². The zero-order chi connectivity index (χ0) is 16.9. The lowest BCUT2D eigenvalue weighted by atomic mass is 10.1. The summed E-state index contributed by atoms with van der Waals surface area (Å²) in [5.74, 6) is 1.52. The van der Waals surface area contributed by atoms with Gasteiger partial charge in [0.25, 0.3) is 0 Å². The Kier molecular flexibility index (Phi) is 5.36. The second kappa shape index (κ2) is 7.67.